The number of aryl methyl sites for hydroxylation is 1. The smallest absolute Gasteiger partial charge is 0.0792 e. The summed E-state index contributed by atoms with van der Waals surface area (Å²) in [6, 6.07) is 6.93. The van der Waals surface area contributed by atoms with Gasteiger partial charge < -0.3 is 15.1 Å². The van der Waals surface area contributed by atoms with Crippen molar-refractivity contribution in [3.63, 3.8) is 0 Å². The minimum Gasteiger partial charge on any atom is -0.375 e. The first-order valence-corrected chi connectivity index (χ1v) is 15.5. The zero-order valence-corrected chi connectivity index (χ0v) is 24.1. The zero-order valence-electron chi connectivity index (χ0n) is 24.1. The predicted molar refractivity (Wildman–Crippen MR) is 163 cm³/mol. The van der Waals surface area contributed by atoms with E-state index in [4.69, 9.17) is 5.10 Å². The van der Waals surface area contributed by atoms with Gasteiger partial charge in [-0.1, -0.05) is 39.0 Å². The molecule has 4 fully saturated rings. The van der Waals surface area contributed by atoms with Crippen molar-refractivity contribution in [2.45, 2.75) is 63.7 Å². The van der Waals surface area contributed by atoms with Crippen LogP contribution in [0.25, 0.3) is 10.9 Å². The van der Waals surface area contributed by atoms with Crippen LogP contribution in [0.15, 0.2) is 55.0 Å². The molecule has 0 amide bonds. The number of rotatable bonds is 6. The van der Waals surface area contributed by atoms with E-state index in [0.29, 0.717) is 0 Å². The molecule has 2 aromatic rings. The molecular formula is C33H48N6. The number of likely N-dealkylation sites (tertiary alicyclic amines) is 1. The lowest BCUT2D eigenvalue weighted by atomic mass is 9.85. The summed E-state index contributed by atoms with van der Waals surface area (Å²) in [6.45, 7) is 21.1. The Bertz CT molecular complexity index is 1200. The number of anilines is 1. The maximum Gasteiger partial charge on any atom is 0.0792 e. The van der Waals surface area contributed by atoms with Crippen molar-refractivity contribution in [3.05, 3.63) is 60.7 Å². The maximum atomic E-state index is 4.95. The molecule has 0 bridgehead atoms. The van der Waals surface area contributed by atoms with Crippen molar-refractivity contribution < 1.29 is 0 Å². The molecule has 1 aromatic carbocycles. The first kappa shape index (κ1) is 26.5. The lowest BCUT2D eigenvalue weighted by molar-refractivity contribution is 0.148. The fourth-order valence-electron chi connectivity index (χ4n) is 7.55. The Morgan fingerprint density at radius 2 is 1.69 bits per heavy atom. The van der Waals surface area contributed by atoms with Crippen LogP contribution in [-0.4, -0.2) is 65.4 Å². The highest BCUT2D eigenvalue weighted by Crippen LogP contribution is 2.37. The monoisotopic (exact) mass is 528 g/mol. The van der Waals surface area contributed by atoms with Gasteiger partial charge in [-0.25, -0.2) is 0 Å². The molecule has 3 aliphatic heterocycles. The fourth-order valence-corrected chi connectivity index (χ4v) is 7.55. The van der Waals surface area contributed by atoms with Crippen LogP contribution < -0.4 is 10.2 Å². The van der Waals surface area contributed by atoms with E-state index in [9.17, 15) is 0 Å². The van der Waals surface area contributed by atoms with E-state index in [1.54, 1.807) is 0 Å². The molecular weight excluding hydrogens is 480 g/mol. The Morgan fingerprint density at radius 3 is 2.41 bits per heavy atom. The van der Waals surface area contributed by atoms with Gasteiger partial charge in [0.2, 0.25) is 0 Å². The van der Waals surface area contributed by atoms with Gasteiger partial charge >= 0.3 is 0 Å². The van der Waals surface area contributed by atoms with E-state index in [0.717, 1.165) is 67.9 Å². The number of allylic oxidation sites excluding steroid dienone is 3. The largest absolute Gasteiger partial charge is 0.375 e. The van der Waals surface area contributed by atoms with Crippen LogP contribution >= 0.6 is 0 Å². The summed E-state index contributed by atoms with van der Waals surface area (Å²) in [5.74, 6) is 1.83. The highest BCUT2D eigenvalue weighted by molar-refractivity contribution is 5.86. The molecule has 39 heavy (non-hydrogen) atoms. The van der Waals surface area contributed by atoms with Crippen LogP contribution in [0, 0.1) is 11.8 Å². The fraction of sp³-hybridized carbons (Fsp3) is 0.606. The van der Waals surface area contributed by atoms with Gasteiger partial charge in [0.1, 0.15) is 0 Å². The molecule has 1 aromatic heterocycles. The van der Waals surface area contributed by atoms with Crippen molar-refractivity contribution in [1.29, 1.82) is 0 Å². The van der Waals surface area contributed by atoms with Crippen molar-refractivity contribution in [2.24, 2.45) is 18.9 Å². The lowest BCUT2D eigenvalue weighted by Gasteiger charge is -2.41. The van der Waals surface area contributed by atoms with Gasteiger partial charge in [-0.05, 0) is 68.6 Å². The minimum absolute atomic E-state index is 0.241. The van der Waals surface area contributed by atoms with Gasteiger partial charge in [-0.3, -0.25) is 9.58 Å². The van der Waals surface area contributed by atoms with Gasteiger partial charge in [-0.2, -0.15) is 5.10 Å². The lowest BCUT2D eigenvalue weighted by Crippen LogP contribution is -2.49. The average Bonchev–Trinajstić information content (AvgIpc) is 3.29. The predicted octanol–water partition coefficient (Wildman–Crippen LogP) is 6.00. The summed E-state index contributed by atoms with van der Waals surface area (Å²) in [6.07, 6.45) is 11.6. The third-order valence-electron chi connectivity index (χ3n) is 10.0. The standard InChI is InChI=1S/C33H48N6/c1-24-10-12-30(25(2)34-24)33-31-13-11-29(22-32(31)36(4)35-33)39-20-18-37(19-21-39)23-27-14-16-38(17-15-27)26(3)28-8-6-5-7-9-28/h11,13,22,27-28,30,34H,1-3,5-10,12,14-21,23H2,4H3. The average molecular weight is 529 g/mol. The third-order valence-corrected chi connectivity index (χ3v) is 10.0. The Labute approximate surface area is 235 Å². The van der Waals surface area contributed by atoms with E-state index in [2.05, 4.69) is 69.7 Å². The quantitative estimate of drug-likeness (QED) is 0.498. The second kappa shape index (κ2) is 11.4. The molecule has 0 spiro atoms. The first-order valence-electron chi connectivity index (χ1n) is 15.5. The van der Waals surface area contributed by atoms with Crippen LogP contribution in [0.5, 0.6) is 0 Å². The highest BCUT2D eigenvalue weighted by Gasteiger charge is 2.28. The van der Waals surface area contributed by atoms with Crippen molar-refractivity contribution >= 4 is 16.6 Å². The van der Waals surface area contributed by atoms with E-state index >= 15 is 0 Å². The Morgan fingerprint density at radius 1 is 0.949 bits per heavy atom. The first-order chi connectivity index (χ1) is 19.0. The second-order valence-corrected chi connectivity index (χ2v) is 12.6. The van der Waals surface area contributed by atoms with Crippen LogP contribution in [0.2, 0.25) is 0 Å². The number of fused-ring (bicyclic) bond motifs is 1. The molecule has 1 atom stereocenters. The Balaban J connectivity index is 1.01. The molecule has 1 unspecified atom stereocenters. The topological polar surface area (TPSA) is 39.6 Å². The van der Waals surface area contributed by atoms with Crippen LogP contribution in [-0.2, 0) is 7.05 Å². The summed E-state index contributed by atoms with van der Waals surface area (Å²) in [4.78, 5) is 7.90. The van der Waals surface area contributed by atoms with Gasteiger partial charge in [0, 0.05) is 86.9 Å². The van der Waals surface area contributed by atoms with Crippen molar-refractivity contribution in [2.75, 3.05) is 50.7 Å². The molecule has 6 rings (SSSR count). The normalized spacial score (nSPS) is 24.4. The number of piperazine rings is 1. The summed E-state index contributed by atoms with van der Waals surface area (Å²) in [5, 5.41) is 9.55. The molecule has 3 saturated heterocycles. The van der Waals surface area contributed by atoms with E-state index in [-0.39, 0.29) is 5.92 Å². The number of aromatic nitrogens is 2. The van der Waals surface area contributed by atoms with Crippen LogP contribution in [0.3, 0.4) is 0 Å². The molecule has 210 valence electrons. The molecule has 6 nitrogen and oxygen atoms in total. The summed E-state index contributed by atoms with van der Waals surface area (Å²) >= 11 is 0. The number of hydrogen-bond donors (Lipinski definition) is 1. The number of nitrogens with zero attached hydrogens (tertiary/aromatic N) is 5. The van der Waals surface area contributed by atoms with Crippen molar-refractivity contribution in [1.82, 2.24) is 24.9 Å². The number of piperidine rings is 2. The molecule has 4 heterocycles. The van der Waals surface area contributed by atoms with Gasteiger partial charge in [0.25, 0.3) is 0 Å². The summed E-state index contributed by atoms with van der Waals surface area (Å²) in [7, 11) is 2.07. The summed E-state index contributed by atoms with van der Waals surface area (Å²) < 4.78 is 2.05. The maximum absolute atomic E-state index is 4.95. The third kappa shape index (κ3) is 5.63. The Kier molecular flexibility index (Phi) is 7.75. The molecule has 1 N–H and O–H groups in total. The van der Waals surface area contributed by atoms with Gasteiger partial charge in [0.15, 0.2) is 0 Å². The van der Waals surface area contributed by atoms with Crippen molar-refractivity contribution in [3.8, 4) is 0 Å². The Hall–Kier alpha value is -2.73. The minimum atomic E-state index is 0.241. The molecule has 6 heteroatoms. The van der Waals surface area contributed by atoms with E-state index < -0.39 is 0 Å². The number of benzene rings is 1. The van der Waals surface area contributed by atoms with E-state index in [1.165, 1.54) is 86.9 Å². The van der Waals surface area contributed by atoms with E-state index in [1.807, 2.05) is 0 Å². The zero-order chi connectivity index (χ0) is 26.9. The van der Waals surface area contributed by atoms with Crippen LogP contribution in [0.4, 0.5) is 5.69 Å². The van der Waals surface area contributed by atoms with Gasteiger partial charge in [0.05, 0.1) is 11.2 Å². The summed E-state index contributed by atoms with van der Waals surface area (Å²) in [5.41, 5.74) is 7.20. The molecule has 1 aliphatic carbocycles. The van der Waals surface area contributed by atoms with Gasteiger partial charge in [-0.15, -0.1) is 0 Å². The van der Waals surface area contributed by atoms with Crippen LogP contribution in [0.1, 0.15) is 69.4 Å². The second-order valence-electron chi connectivity index (χ2n) is 12.6. The molecule has 0 radical (unpaired) electrons. The molecule has 4 aliphatic rings. The number of hydrogen-bond acceptors (Lipinski definition) is 5. The molecule has 1 saturated carbocycles. The SMILES string of the molecule is C=C1CCC(c2nn(C)c3cc(N4CCN(CC5CCN(C(=C)C6CCCCC6)CC5)CC4)ccc23)C(=C)N1. The highest BCUT2D eigenvalue weighted by atomic mass is 15.3. The number of nitrogens with one attached hydrogen (secondary N) is 1.